The van der Waals surface area contributed by atoms with E-state index in [0.717, 1.165) is 5.76 Å². The van der Waals surface area contributed by atoms with E-state index < -0.39 is 0 Å². The van der Waals surface area contributed by atoms with Gasteiger partial charge in [0.25, 0.3) is 5.91 Å². The van der Waals surface area contributed by atoms with Crippen LogP contribution in [0.2, 0.25) is 0 Å². The number of nitrogen functional groups attached to an aromatic ring is 1. The first-order valence-corrected chi connectivity index (χ1v) is 5.31. The average Bonchev–Trinajstić information content (AvgIpc) is 2.81. The molecule has 0 spiro atoms. The van der Waals surface area contributed by atoms with Gasteiger partial charge in [0, 0.05) is 12.7 Å². The van der Waals surface area contributed by atoms with E-state index in [2.05, 4.69) is 0 Å². The quantitative estimate of drug-likeness (QED) is 0.822. The predicted octanol–water partition coefficient (Wildman–Crippen LogP) is 2.13. The zero-order valence-corrected chi connectivity index (χ0v) is 9.59. The van der Waals surface area contributed by atoms with Crippen molar-refractivity contribution in [3.8, 4) is 0 Å². The molecule has 0 aliphatic carbocycles. The van der Waals surface area contributed by atoms with Crippen LogP contribution >= 0.6 is 0 Å². The van der Waals surface area contributed by atoms with Crippen molar-refractivity contribution in [3.05, 3.63) is 54.0 Å². The lowest BCUT2D eigenvalue weighted by atomic mass is 10.1. The molecule has 1 heterocycles. The highest BCUT2D eigenvalue weighted by atomic mass is 16.3. The SMILES string of the molecule is CN(Cc1ccco1)C(=O)c1ccccc1N. The first-order chi connectivity index (χ1) is 8.18. The molecule has 0 fully saturated rings. The van der Waals surface area contributed by atoms with Crippen molar-refractivity contribution in [3.63, 3.8) is 0 Å². The average molecular weight is 230 g/mol. The Kier molecular flexibility index (Phi) is 3.14. The highest BCUT2D eigenvalue weighted by Crippen LogP contribution is 2.14. The van der Waals surface area contributed by atoms with E-state index in [1.165, 1.54) is 0 Å². The maximum atomic E-state index is 12.1. The number of para-hydroxylation sites is 1. The van der Waals surface area contributed by atoms with Gasteiger partial charge in [-0.05, 0) is 24.3 Å². The Labute approximate surface area is 99.6 Å². The molecule has 0 bridgehead atoms. The van der Waals surface area contributed by atoms with Crippen LogP contribution in [-0.2, 0) is 6.54 Å². The van der Waals surface area contributed by atoms with Crippen LogP contribution in [0.5, 0.6) is 0 Å². The molecule has 4 nitrogen and oxygen atoms in total. The van der Waals surface area contributed by atoms with Gasteiger partial charge in [-0.2, -0.15) is 0 Å². The second-order valence-corrected chi connectivity index (χ2v) is 3.83. The Morgan fingerprint density at radius 1 is 1.29 bits per heavy atom. The smallest absolute Gasteiger partial charge is 0.256 e. The van der Waals surface area contributed by atoms with Crippen LogP contribution in [0.25, 0.3) is 0 Å². The lowest BCUT2D eigenvalue weighted by Crippen LogP contribution is -2.26. The molecule has 1 amide bonds. The number of hydrogen-bond donors (Lipinski definition) is 1. The minimum atomic E-state index is -0.112. The summed E-state index contributed by atoms with van der Waals surface area (Å²) in [6.45, 7) is 0.431. The first-order valence-electron chi connectivity index (χ1n) is 5.31. The standard InChI is InChI=1S/C13H14N2O2/c1-15(9-10-5-4-8-17-10)13(16)11-6-2-3-7-12(11)14/h2-8H,9,14H2,1H3. The highest BCUT2D eigenvalue weighted by molar-refractivity contribution is 5.98. The van der Waals surface area contributed by atoms with Crippen LogP contribution in [-0.4, -0.2) is 17.9 Å². The second-order valence-electron chi connectivity index (χ2n) is 3.83. The van der Waals surface area contributed by atoms with Crippen LogP contribution < -0.4 is 5.73 Å². The fourth-order valence-electron chi connectivity index (χ4n) is 1.61. The van der Waals surface area contributed by atoms with Crippen molar-refractivity contribution < 1.29 is 9.21 Å². The van der Waals surface area contributed by atoms with Crippen molar-refractivity contribution in [2.75, 3.05) is 12.8 Å². The van der Waals surface area contributed by atoms with Gasteiger partial charge in [0.05, 0.1) is 18.4 Å². The summed E-state index contributed by atoms with van der Waals surface area (Å²) in [6, 6.07) is 10.7. The molecule has 0 unspecified atom stereocenters. The lowest BCUT2D eigenvalue weighted by Gasteiger charge is -2.16. The molecule has 0 aliphatic heterocycles. The van der Waals surface area contributed by atoms with E-state index in [1.54, 1.807) is 48.5 Å². The molecular formula is C13H14N2O2. The van der Waals surface area contributed by atoms with Gasteiger partial charge in [-0.15, -0.1) is 0 Å². The number of carbonyl (C=O) groups is 1. The largest absolute Gasteiger partial charge is 0.467 e. The molecule has 2 rings (SSSR count). The molecule has 1 aromatic carbocycles. The Morgan fingerprint density at radius 3 is 2.71 bits per heavy atom. The summed E-state index contributed by atoms with van der Waals surface area (Å²) in [4.78, 5) is 13.7. The summed E-state index contributed by atoms with van der Waals surface area (Å²) in [5, 5.41) is 0. The number of rotatable bonds is 3. The minimum Gasteiger partial charge on any atom is -0.467 e. The van der Waals surface area contributed by atoms with Crippen molar-refractivity contribution in [2.45, 2.75) is 6.54 Å². The third kappa shape index (κ3) is 2.47. The van der Waals surface area contributed by atoms with Gasteiger partial charge in [-0.25, -0.2) is 0 Å². The molecule has 1 aromatic heterocycles. The molecule has 88 valence electrons. The number of nitrogens with two attached hydrogens (primary N) is 1. The highest BCUT2D eigenvalue weighted by Gasteiger charge is 2.14. The van der Waals surface area contributed by atoms with E-state index in [4.69, 9.17) is 10.2 Å². The van der Waals surface area contributed by atoms with Crippen molar-refractivity contribution >= 4 is 11.6 Å². The van der Waals surface area contributed by atoms with E-state index in [0.29, 0.717) is 17.8 Å². The Bertz CT molecular complexity index is 506. The summed E-state index contributed by atoms with van der Waals surface area (Å²) in [5.74, 6) is 0.634. The fourth-order valence-corrected chi connectivity index (χ4v) is 1.61. The van der Waals surface area contributed by atoms with Crippen molar-refractivity contribution in [2.24, 2.45) is 0 Å². The van der Waals surface area contributed by atoms with Crippen LogP contribution in [0.15, 0.2) is 47.1 Å². The molecule has 2 N–H and O–H groups in total. The van der Waals surface area contributed by atoms with Gasteiger partial charge in [0.2, 0.25) is 0 Å². The molecule has 0 radical (unpaired) electrons. The zero-order valence-electron chi connectivity index (χ0n) is 9.59. The number of furan rings is 1. The number of amides is 1. The maximum absolute atomic E-state index is 12.1. The molecular weight excluding hydrogens is 216 g/mol. The van der Waals surface area contributed by atoms with Crippen LogP contribution in [0, 0.1) is 0 Å². The number of carbonyl (C=O) groups excluding carboxylic acids is 1. The van der Waals surface area contributed by atoms with E-state index >= 15 is 0 Å². The van der Waals surface area contributed by atoms with E-state index in [1.807, 2.05) is 6.07 Å². The van der Waals surface area contributed by atoms with Gasteiger partial charge in [-0.1, -0.05) is 12.1 Å². The third-order valence-electron chi connectivity index (χ3n) is 2.51. The normalized spacial score (nSPS) is 10.2. The predicted molar refractivity (Wildman–Crippen MR) is 65.4 cm³/mol. The molecule has 0 aliphatic rings. The first kappa shape index (κ1) is 11.3. The molecule has 4 heteroatoms. The summed E-state index contributed by atoms with van der Waals surface area (Å²) in [5.41, 5.74) is 6.77. The Balaban J connectivity index is 2.13. The number of benzene rings is 1. The zero-order chi connectivity index (χ0) is 12.3. The summed E-state index contributed by atoms with van der Waals surface area (Å²) in [6.07, 6.45) is 1.59. The van der Waals surface area contributed by atoms with Gasteiger partial charge in [-0.3, -0.25) is 4.79 Å². The van der Waals surface area contributed by atoms with E-state index in [9.17, 15) is 4.79 Å². The summed E-state index contributed by atoms with van der Waals surface area (Å²) >= 11 is 0. The maximum Gasteiger partial charge on any atom is 0.256 e. The van der Waals surface area contributed by atoms with Crippen molar-refractivity contribution in [1.82, 2.24) is 4.90 Å². The lowest BCUT2D eigenvalue weighted by molar-refractivity contribution is 0.0776. The van der Waals surface area contributed by atoms with Crippen LogP contribution in [0.1, 0.15) is 16.1 Å². The van der Waals surface area contributed by atoms with Gasteiger partial charge >= 0.3 is 0 Å². The number of anilines is 1. The summed E-state index contributed by atoms with van der Waals surface area (Å²) in [7, 11) is 1.72. The fraction of sp³-hybridized carbons (Fsp3) is 0.154. The van der Waals surface area contributed by atoms with Crippen LogP contribution in [0.3, 0.4) is 0 Å². The van der Waals surface area contributed by atoms with Gasteiger partial charge < -0.3 is 15.1 Å². The van der Waals surface area contributed by atoms with E-state index in [-0.39, 0.29) is 5.91 Å². The Hall–Kier alpha value is -2.23. The third-order valence-corrected chi connectivity index (χ3v) is 2.51. The topological polar surface area (TPSA) is 59.5 Å². The molecule has 0 atom stereocenters. The second kappa shape index (κ2) is 4.74. The number of hydrogen-bond acceptors (Lipinski definition) is 3. The van der Waals surface area contributed by atoms with Gasteiger partial charge in [0.1, 0.15) is 5.76 Å². The molecule has 17 heavy (non-hydrogen) atoms. The molecule has 0 saturated heterocycles. The van der Waals surface area contributed by atoms with Crippen LogP contribution in [0.4, 0.5) is 5.69 Å². The van der Waals surface area contributed by atoms with Gasteiger partial charge in [0.15, 0.2) is 0 Å². The number of nitrogens with zero attached hydrogens (tertiary/aromatic N) is 1. The molecule has 2 aromatic rings. The monoisotopic (exact) mass is 230 g/mol. The minimum absolute atomic E-state index is 0.112. The summed E-state index contributed by atoms with van der Waals surface area (Å²) < 4.78 is 5.20. The van der Waals surface area contributed by atoms with Crippen molar-refractivity contribution in [1.29, 1.82) is 0 Å². The molecule has 0 saturated carbocycles. The Morgan fingerprint density at radius 2 is 2.06 bits per heavy atom.